The van der Waals surface area contributed by atoms with E-state index < -0.39 is 85.9 Å². The maximum absolute atomic E-state index is 14.2. The summed E-state index contributed by atoms with van der Waals surface area (Å²) in [5, 5.41) is 12.2. The Morgan fingerprint density at radius 3 is 1.39 bits per heavy atom. The molecule has 71 heavy (non-hydrogen) atoms. The van der Waals surface area contributed by atoms with Crippen LogP contribution in [0.15, 0.2) is 195 Å². The Morgan fingerprint density at radius 2 is 0.887 bits per heavy atom. The Morgan fingerprint density at radius 1 is 0.465 bits per heavy atom. The number of esters is 3. The van der Waals surface area contributed by atoms with Crippen LogP contribution >= 0.6 is 0 Å². The van der Waals surface area contributed by atoms with Gasteiger partial charge in [0.15, 0.2) is 24.8 Å². The number of hydrogen-bond acceptors (Lipinski definition) is 14. The van der Waals surface area contributed by atoms with E-state index in [0.717, 1.165) is 16.7 Å². The average Bonchev–Trinajstić information content (AvgIpc) is 3.42. The predicted octanol–water partition coefficient (Wildman–Crippen LogP) is 8.08. The molecule has 6 aromatic carbocycles. The highest BCUT2D eigenvalue weighted by Gasteiger charge is 2.56. The van der Waals surface area contributed by atoms with E-state index in [2.05, 4.69) is 6.58 Å². The van der Waals surface area contributed by atoms with Crippen LogP contribution < -0.4 is 0 Å². The van der Waals surface area contributed by atoms with Gasteiger partial charge in [0.2, 0.25) is 0 Å². The lowest BCUT2D eigenvalue weighted by atomic mass is 9.96. The van der Waals surface area contributed by atoms with Crippen LogP contribution in [0, 0.1) is 0 Å². The molecule has 0 bridgehead atoms. The van der Waals surface area contributed by atoms with Crippen LogP contribution in [0.4, 0.5) is 0 Å². The van der Waals surface area contributed by atoms with Gasteiger partial charge in [0.1, 0.15) is 43.2 Å². The van der Waals surface area contributed by atoms with Crippen LogP contribution in [0.1, 0.15) is 47.8 Å². The van der Waals surface area contributed by atoms with Gasteiger partial charge >= 0.3 is 17.9 Å². The van der Waals surface area contributed by atoms with Gasteiger partial charge in [-0.25, -0.2) is 14.4 Å². The molecule has 0 aromatic heterocycles. The Balaban J connectivity index is 1.17. The molecular weight excluding hydrogens is 909 g/mol. The van der Waals surface area contributed by atoms with E-state index in [-0.39, 0.29) is 49.7 Å². The summed E-state index contributed by atoms with van der Waals surface area (Å²) in [6.45, 7) is 3.64. The quantitative estimate of drug-likeness (QED) is 0.0395. The zero-order valence-electron chi connectivity index (χ0n) is 38.9. The predicted molar refractivity (Wildman–Crippen MR) is 259 cm³/mol. The van der Waals surface area contributed by atoms with Crippen molar-refractivity contribution in [3.8, 4) is 0 Å². The second-order valence-electron chi connectivity index (χ2n) is 16.8. The minimum atomic E-state index is -1.72. The number of benzene rings is 6. The SMILES string of the molecule is C=CCO[C@@H]1[C@H](OC(=O)c2ccccc2)[C@@H](O[C@H]2[C@@H](OCc3ccccc3)[C@H](OCc3ccccc3)[C@@H](COCc3ccccc3)O[C@@H]2O)O[C@H](COC(=O)c2ccccc2)[C@H]1OC(=O)c1ccccc1. The minimum absolute atomic E-state index is 0.0125. The van der Waals surface area contributed by atoms with Crippen molar-refractivity contribution in [1.82, 2.24) is 0 Å². The summed E-state index contributed by atoms with van der Waals surface area (Å²) in [7, 11) is 0. The fourth-order valence-electron chi connectivity index (χ4n) is 8.23. The fraction of sp³-hybridized carbons (Fsp3) is 0.281. The summed E-state index contributed by atoms with van der Waals surface area (Å²) >= 11 is 0. The van der Waals surface area contributed by atoms with Gasteiger partial charge < -0.3 is 52.5 Å². The Hall–Kier alpha value is -6.85. The highest BCUT2D eigenvalue weighted by Crippen LogP contribution is 2.36. The van der Waals surface area contributed by atoms with Gasteiger partial charge in [0.05, 0.1) is 49.7 Å². The molecule has 2 aliphatic heterocycles. The minimum Gasteiger partial charge on any atom is -0.459 e. The molecule has 0 spiro atoms. The molecule has 2 fully saturated rings. The molecule has 0 saturated carbocycles. The highest BCUT2D eigenvalue weighted by atomic mass is 16.8. The van der Waals surface area contributed by atoms with Crippen molar-refractivity contribution in [2.45, 2.75) is 81.2 Å². The molecule has 14 nitrogen and oxygen atoms in total. The molecule has 0 aliphatic carbocycles. The lowest BCUT2D eigenvalue weighted by molar-refractivity contribution is -0.370. The molecular formula is C57H56O14. The largest absolute Gasteiger partial charge is 0.459 e. The van der Waals surface area contributed by atoms with Crippen molar-refractivity contribution in [3.05, 3.63) is 228 Å². The van der Waals surface area contributed by atoms with Crippen LogP contribution in [0.3, 0.4) is 0 Å². The highest BCUT2D eigenvalue weighted by molar-refractivity contribution is 5.90. The molecule has 0 radical (unpaired) electrons. The van der Waals surface area contributed by atoms with Gasteiger partial charge in [-0.15, -0.1) is 6.58 Å². The summed E-state index contributed by atoms with van der Waals surface area (Å²) in [4.78, 5) is 41.6. The molecule has 0 unspecified atom stereocenters. The third kappa shape index (κ3) is 13.9. The van der Waals surface area contributed by atoms with Gasteiger partial charge in [0, 0.05) is 0 Å². The molecule has 2 aliphatic rings. The molecule has 6 aromatic rings. The number of carbonyl (C=O) groups is 3. The van der Waals surface area contributed by atoms with Gasteiger partial charge in [-0.1, -0.05) is 152 Å². The van der Waals surface area contributed by atoms with Crippen LogP contribution in [-0.4, -0.2) is 104 Å². The van der Waals surface area contributed by atoms with Gasteiger partial charge in [-0.2, -0.15) is 0 Å². The molecule has 8 rings (SSSR count). The lowest BCUT2D eigenvalue weighted by Gasteiger charge is -2.49. The first-order valence-corrected chi connectivity index (χ1v) is 23.4. The van der Waals surface area contributed by atoms with E-state index in [9.17, 15) is 19.5 Å². The number of rotatable bonds is 22. The van der Waals surface area contributed by atoms with Crippen molar-refractivity contribution in [3.63, 3.8) is 0 Å². The Bertz CT molecular complexity index is 2550. The van der Waals surface area contributed by atoms with E-state index in [0.29, 0.717) is 0 Å². The number of aliphatic hydroxyl groups excluding tert-OH is 1. The third-order valence-corrected chi connectivity index (χ3v) is 11.8. The smallest absolute Gasteiger partial charge is 0.338 e. The van der Waals surface area contributed by atoms with Crippen molar-refractivity contribution >= 4 is 17.9 Å². The fourth-order valence-corrected chi connectivity index (χ4v) is 8.23. The number of ether oxygens (including phenoxy) is 10. The maximum Gasteiger partial charge on any atom is 0.338 e. The number of hydrogen-bond donors (Lipinski definition) is 1. The van der Waals surface area contributed by atoms with E-state index >= 15 is 0 Å². The standard InChI is InChI=1S/C57H56O14/c1-2-33-63-50-48(69-54(59)43-29-17-7-18-30-43)46(38-66-53(58)42-27-15-6-16-28-42)68-57(52(50)70-55(60)44-31-19-8-20-32-44)71-51-49(65-36-41-25-13-5-14-26-41)47(64-35-40-23-11-4-12-24-40)45(67-56(51)61)37-62-34-39-21-9-3-10-22-39/h2-32,45-52,56-57,61H,1,33-38H2/t45-,46-,47-,48-,49+,50+,51+,52+,56+,57-/m1/s1. The molecule has 368 valence electrons. The molecule has 14 heteroatoms. The summed E-state index contributed by atoms with van der Waals surface area (Å²) in [5.41, 5.74) is 3.25. The maximum atomic E-state index is 14.2. The van der Waals surface area contributed by atoms with Crippen LogP contribution in [0.25, 0.3) is 0 Å². The van der Waals surface area contributed by atoms with Crippen LogP contribution in [-0.2, 0) is 67.2 Å². The molecule has 1 N–H and O–H groups in total. The first-order valence-electron chi connectivity index (χ1n) is 23.4. The Kier molecular flexibility index (Phi) is 18.4. The molecule has 0 amide bonds. The van der Waals surface area contributed by atoms with Gasteiger partial charge in [-0.3, -0.25) is 0 Å². The number of carbonyl (C=O) groups excluding carboxylic acids is 3. The zero-order valence-corrected chi connectivity index (χ0v) is 38.9. The topological polar surface area (TPSA) is 164 Å². The van der Waals surface area contributed by atoms with Crippen LogP contribution in [0.2, 0.25) is 0 Å². The zero-order chi connectivity index (χ0) is 49.2. The van der Waals surface area contributed by atoms with E-state index in [1.165, 1.54) is 6.08 Å². The molecule has 10 atom stereocenters. The molecule has 2 heterocycles. The van der Waals surface area contributed by atoms with E-state index in [1.54, 1.807) is 91.0 Å². The van der Waals surface area contributed by atoms with Crippen LogP contribution in [0.5, 0.6) is 0 Å². The second-order valence-corrected chi connectivity index (χ2v) is 16.8. The van der Waals surface area contributed by atoms with Crippen molar-refractivity contribution in [1.29, 1.82) is 0 Å². The summed E-state index contributed by atoms with van der Waals surface area (Å²) in [6, 6.07) is 53.4. The third-order valence-electron chi connectivity index (χ3n) is 11.8. The summed E-state index contributed by atoms with van der Waals surface area (Å²) in [5.74, 6) is -2.24. The normalized spacial score (nSPS) is 24.0. The molecule has 2 saturated heterocycles. The number of aliphatic hydroxyl groups is 1. The average molecular weight is 965 g/mol. The Labute approximate surface area is 412 Å². The first kappa shape index (κ1) is 50.5. The van der Waals surface area contributed by atoms with Gasteiger partial charge in [-0.05, 0) is 53.1 Å². The van der Waals surface area contributed by atoms with Crippen molar-refractivity contribution in [2.24, 2.45) is 0 Å². The van der Waals surface area contributed by atoms with E-state index in [4.69, 9.17) is 47.4 Å². The second kappa shape index (κ2) is 25.8. The van der Waals surface area contributed by atoms with E-state index in [1.807, 2.05) is 91.0 Å². The lowest BCUT2D eigenvalue weighted by Crippen LogP contribution is -2.66. The first-order chi connectivity index (χ1) is 34.8. The monoisotopic (exact) mass is 964 g/mol. The summed E-state index contributed by atoms with van der Waals surface area (Å²) in [6.07, 6.45) is -11.9. The summed E-state index contributed by atoms with van der Waals surface area (Å²) < 4.78 is 64.3. The van der Waals surface area contributed by atoms with Crippen molar-refractivity contribution < 1.29 is 66.9 Å². The van der Waals surface area contributed by atoms with Crippen molar-refractivity contribution in [2.75, 3.05) is 19.8 Å². The van der Waals surface area contributed by atoms with Gasteiger partial charge in [0.25, 0.3) is 0 Å².